The molecule has 3 heterocycles. The van der Waals surface area contributed by atoms with Gasteiger partial charge < -0.3 is 14.3 Å². The van der Waals surface area contributed by atoms with Crippen LogP contribution in [0.25, 0.3) is 22.1 Å². The molecule has 26 heavy (non-hydrogen) atoms. The molecule has 0 aliphatic carbocycles. The Bertz CT molecular complexity index is 1100. The summed E-state index contributed by atoms with van der Waals surface area (Å²) in [6.45, 7) is 5.72. The van der Waals surface area contributed by atoms with E-state index in [1.807, 2.05) is 45.0 Å². The van der Waals surface area contributed by atoms with Crippen LogP contribution in [0.5, 0.6) is 17.6 Å². The maximum atomic E-state index is 9.55. The van der Waals surface area contributed by atoms with Gasteiger partial charge in [0.15, 0.2) is 0 Å². The van der Waals surface area contributed by atoms with Crippen molar-refractivity contribution in [3.63, 3.8) is 0 Å². The highest BCUT2D eigenvalue weighted by Crippen LogP contribution is 2.34. The van der Waals surface area contributed by atoms with Crippen LogP contribution in [-0.2, 0) is 0 Å². The standard InChI is InChI=1S/C20H17N3O3/c1-11-10-14(26-19-16-7-9-25-17(16)6-8-21-19)4-5-15(11)18-12(2)22-20(24)23-13(18)3/h4-10H,1-3H3,(H,22,23,24). The Morgan fingerprint density at radius 3 is 2.50 bits per heavy atom. The minimum Gasteiger partial charge on any atom is -0.479 e. The molecule has 1 aromatic carbocycles. The second-order valence-electron chi connectivity index (χ2n) is 6.10. The van der Waals surface area contributed by atoms with E-state index in [1.165, 1.54) is 0 Å². The predicted octanol–water partition coefficient (Wildman–Crippen LogP) is 4.71. The van der Waals surface area contributed by atoms with Gasteiger partial charge in [0.2, 0.25) is 5.88 Å². The van der Waals surface area contributed by atoms with Crippen molar-refractivity contribution >= 4 is 11.0 Å². The van der Waals surface area contributed by atoms with Crippen LogP contribution in [-0.4, -0.2) is 20.1 Å². The van der Waals surface area contributed by atoms with Crippen LogP contribution < -0.4 is 4.74 Å². The Labute approximate surface area is 150 Å². The Morgan fingerprint density at radius 2 is 1.77 bits per heavy atom. The van der Waals surface area contributed by atoms with Crippen molar-refractivity contribution in [2.45, 2.75) is 20.8 Å². The molecule has 0 fully saturated rings. The first kappa shape index (κ1) is 16.1. The number of nitrogens with zero attached hydrogens (tertiary/aromatic N) is 3. The number of aryl methyl sites for hydroxylation is 3. The quantitative estimate of drug-likeness (QED) is 0.578. The molecule has 0 aliphatic heterocycles. The van der Waals surface area contributed by atoms with Gasteiger partial charge in [0, 0.05) is 11.8 Å². The SMILES string of the molecule is Cc1cc(Oc2nccc3occc23)ccc1-c1c(C)nc(O)nc1C. The maximum absolute atomic E-state index is 9.55. The molecule has 4 rings (SSSR count). The number of pyridine rings is 1. The zero-order chi connectivity index (χ0) is 18.3. The molecule has 6 heteroatoms. The number of ether oxygens (including phenoxy) is 1. The van der Waals surface area contributed by atoms with Crippen molar-refractivity contribution in [2.24, 2.45) is 0 Å². The van der Waals surface area contributed by atoms with Crippen LogP contribution >= 0.6 is 0 Å². The number of hydrogen-bond donors (Lipinski definition) is 1. The third-order valence-electron chi connectivity index (χ3n) is 4.28. The van der Waals surface area contributed by atoms with Crippen LogP contribution in [0.1, 0.15) is 17.0 Å². The molecule has 130 valence electrons. The van der Waals surface area contributed by atoms with E-state index in [9.17, 15) is 5.11 Å². The monoisotopic (exact) mass is 347 g/mol. The zero-order valence-electron chi connectivity index (χ0n) is 14.6. The predicted molar refractivity (Wildman–Crippen MR) is 97.4 cm³/mol. The number of rotatable bonds is 3. The van der Waals surface area contributed by atoms with E-state index in [4.69, 9.17) is 9.15 Å². The summed E-state index contributed by atoms with van der Waals surface area (Å²) < 4.78 is 11.3. The molecule has 0 radical (unpaired) electrons. The van der Waals surface area contributed by atoms with Crippen molar-refractivity contribution in [1.82, 2.24) is 15.0 Å². The van der Waals surface area contributed by atoms with Gasteiger partial charge >= 0.3 is 6.01 Å². The molecule has 0 amide bonds. The zero-order valence-corrected chi connectivity index (χ0v) is 14.6. The number of hydrogen-bond acceptors (Lipinski definition) is 6. The summed E-state index contributed by atoms with van der Waals surface area (Å²) in [7, 11) is 0. The van der Waals surface area contributed by atoms with Crippen molar-refractivity contribution < 1.29 is 14.3 Å². The Morgan fingerprint density at radius 1 is 1.00 bits per heavy atom. The molecule has 0 saturated carbocycles. The fraction of sp³-hybridized carbons (Fsp3) is 0.150. The van der Waals surface area contributed by atoms with Gasteiger partial charge in [0.05, 0.1) is 23.0 Å². The van der Waals surface area contributed by atoms with Gasteiger partial charge in [-0.3, -0.25) is 0 Å². The lowest BCUT2D eigenvalue weighted by Gasteiger charge is -2.13. The fourth-order valence-corrected chi connectivity index (χ4v) is 3.13. The third-order valence-corrected chi connectivity index (χ3v) is 4.28. The summed E-state index contributed by atoms with van der Waals surface area (Å²) in [5.74, 6) is 1.19. The highest BCUT2D eigenvalue weighted by atomic mass is 16.5. The van der Waals surface area contributed by atoms with Crippen LogP contribution in [0, 0.1) is 20.8 Å². The molecule has 0 unspecified atom stereocenters. The molecular weight excluding hydrogens is 330 g/mol. The summed E-state index contributed by atoms with van der Waals surface area (Å²) in [6, 6.07) is 9.22. The van der Waals surface area contributed by atoms with Gasteiger partial charge in [-0.1, -0.05) is 6.07 Å². The van der Waals surface area contributed by atoms with E-state index < -0.39 is 0 Å². The van der Waals surface area contributed by atoms with Crippen LogP contribution in [0.3, 0.4) is 0 Å². The molecule has 0 atom stereocenters. The van der Waals surface area contributed by atoms with Crippen LogP contribution in [0.2, 0.25) is 0 Å². The highest BCUT2D eigenvalue weighted by molar-refractivity contribution is 5.82. The molecule has 6 nitrogen and oxygen atoms in total. The van der Waals surface area contributed by atoms with Gasteiger partial charge in [0.1, 0.15) is 11.3 Å². The molecule has 0 aliphatic rings. The van der Waals surface area contributed by atoms with Crippen molar-refractivity contribution in [2.75, 3.05) is 0 Å². The molecular formula is C20H17N3O3. The minimum atomic E-state index is -0.208. The first-order chi connectivity index (χ1) is 12.5. The largest absolute Gasteiger partial charge is 0.479 e. The number of fused-ring (bicyclic) bond motifs is 1. The van der Waals surface area contributed by atoms with Gasteiger partial charge in [-0.15, -0.1) is 0 Å². The molecule has 0 spiro atoms. The molecule has 1 N–H and O–H groups in total. The fourth-order valence-electron chi connectivity index (χ4n) is 3.13. The van der Waals surface area contributed by atoms with Gasteiger partial charge in [-0.25, -0.2) is 15.0 Å². The minimum absolute atomic E-state index is 0.208. The lowest BCUT2D eigenvalue weighted by molar-refractivity contribution is 0.427. The highest BCUT2D eigenvalue weighted by Gasteiger charge is 2.14. The Hall–Kier alpha value is -3.41. The van der Waals surface area contributed by atoms with Gasteiger partial charge in [-0.05, 0) is 56.2 Å². The molecule has 0 bridgehead atoms. The lowest BCUT2D eigenvalue weighted by Crippen LogP contribution is -1.98. The maximum Gasteiger partial charge on any atom is 0.314 e. The van der Waals surface area contributed by atoms with E-state index in [1.54, 1.807) is 18.5 Å². The smallest absolute Gasteiger partial charge is 0.314 e. The Kier molecular flexibility index (Phi) is 3.80. The topological polar surface area (TPSA) is 81.3 Å². The van der Waals surface area contributed by atoms with E-state index in [-0.39, 0.29) is 6.01 Å². The molecule has 4 aromatic rings. The number of furan rings is 1. The summed E-state index contributed by atoms with van der Waals surface area (Å²) in [4.78, 5) is 12.4. The summed E-state index contributed by atoms with van der Waals surface area (Å²) in [5, 5.41) is 10.4. The normalized spacial score (nSPS) is 11.0. The second-order valence-corrected chi connectivity index (χ2v) is 6.10. The summed E-state index contributed by atoms with van der Waals surface area (Å²) in [6.07, 6.45) is 3.27. The average Bonchev–Trinajstić information content (AvgIpc) is 3.05. The van der Waals surface area contributed by atoms with E-state index in [0.29, 0.717) is 11.6 Å². The van der Waals surface area contributed by atoms with Crippen molar-refractivity contribution in [1.29, 1.82) is 0 Å². The number of aromatic hydroxyl groups is 1. The lowest BCUT2D eigenvalue weighted by atomic mass is 9.98. The van der Waals surface area contributed by atoms with Crippen molar-refractivity contribution in [3.8, 4) is 28.8 Å². The van der Waals surface area contributed by atoms with E-state index in [2.05, 4.69) is 15.0 Å². The molecule has 0 saturated heterocycles. The summed E-state index contributed by atoms with van der Waals surface area (Å²) in [5.41, 5.74) is 5.13. The number of aromatic nitrogens is 3. The van der Waals surface area contributed by atoms with Crippen LogP contribution in [0.4, 0.5) is 0 Å². The Balaban J connectivity index is 1.72. The number of benzene rings is 1. The van der Waals surface area contributed by atoms with Crippen molar-refractivity contribution in [3.05, 3.63) is 59.7 Å². The van der Waals surface area contributed by atoms with E-state index >= 15 is 0 Å². The summed E-state index contributed by atoms with van der Waals surface area (Å²) >= 11 is 0. The van der Waals surface area contributed by atoms with Gasteiger partial charge in [0.25, 0.3) is 0 Å². The first-order valence-electron chi connectivity index (χ1n) is 8.18. The van der Waals surface area contributed by atoms with Crippen LogP contribution in [0.15, 0.2) is 47.2 Å². The first-order valence-corrected chi connectivity index (χ1v) is 8.18. The molecule has 3 aromatic heterocycles. The van der Waals surface area contributed by atoms with E-state index in [0.717, 1.165) is 39.0 Å². The second kappa shape index (κ2) is 6.15. The van der Waals surface area contributed by atoms with Gasteiger partial charge in [-0.2, -0.15) is 0 Å². The average molecular weight is 347 g/mol. The third kappa shape index (κ3) is 2.75.